The van der Waals surface area contributed by atoms with Crippen LogP contribution in [0.3, 0.4) is 0 Å². The molecule has 6 heteroatoms. The van der Waals surface area contributed by atoms with Gasteiger partial charge in [0.25, 0.3) is 0 Å². The number of carboxylic acids is 1. The minimum atomic E-state index is -1.11. The third kappa shape index (κ3) is 5.23. The summed E-state index contributed by atoms with van der Waals surface area (Å²) in [4.78, 5) is 23.6. The first kappa shape index (κ1) is 18.3. The van der Waals surface area contributed by atoms with Gasteiger partial charge in [-0.15, -0.1) is 0 Å². The second-order valence-corrected chi connectivity index (χ2v) is 6.12. The van der Waals surface area contributed by atoms with E-state index in [2.05, 4.69) is 5.32 Å². The second-order valence-electron chi connectivity index (χ2n) is 6.12. The summed E-state index contributed by atoms with van der Waals surface area (Å²) in [5.74, 6) is -0.969. The molecule has 2 unspecified atom stereocenters. The van der Waals surface area contributed by atoms with E-state index in [-0.39, 0.29) is 12.5 Å². The predicted molar refractivity (Wildman–Crippen MR) is 88.6 cm³/mol. The Kier molecular flexibility index (Phi) is 7.06. The quantitative estimate of drug-likeness (QED) is 0.800. The largest absolute Gasteiger partial charge is 0.480 e. The van der Waals surface area contributed by atoms with Gasteiger partial charge in [-0.05, 0) is 24.3 Å². The molecule has 2 N–H and O–H groups in total. The molecule has 0 saturated heterocycles. The zero-order valence-electron chi connectivity index (χ0n) is 13.9. The molecule has 0 heterocycles. The van der Waals surface area contributed by atoms with Gasteiger partial charge in [-0.3, -0.25) is 0 Å². The van der Waals surface area contributed by atoms with Crippen LogP contribution < -0.4 is 5.32 Å². The number of rotatable bonds is 7. The first-order valence-corrected chi connectivity index (χ1v) is 8.34. The highest BCUT2D eigenvalue weighted by Gasteiger charge is 2.36. The van der Waals surface area contributed by atoms with Crippen molar-refractivity contribution in [2.45, 2.75) is 50.9 Å². The van der Waals surface area contributed by atoms with Gasteiger partial charge in [0.1, 0.15) is 6.61 Å². The molecule has 0 spiro atoms. The van der Waals surface area contributed by atoms with Gasteiger partial charge in [-0.1, -0.05) is 49.6 Å². The number of amides is 1. The van der Waals surface area contributed by atoms with E-state index in [1.165, 1.54) is 7.11 Å². The fourth-order valence-electron chi connectivity index (χ4n) is 3.24. The standard InChI is InChI=1S/C18H25NO5/c1-23-16(14-10-6-3-7-11-14)15(17(20)21)19-18(22)24-12-13-8-4-2-5-9-13/h2,4-5,8-9,14-16H,3,6-7,10-12H2,1H3,(H,19,22)(H,20,21). The number of carbonyl (C=O) groups is 2. The van der Waals surface area contributed by atoms with Crippen molar-refractivity contribution in [3.05, 3.63) is 35.9 Å². The second kappa shape index (κ2) is 9.27. The third-order valence-corrected chi connectivity index (χ3v) is 4.47. The molecular formula is C18H25NO5. The van der Waals surface area contributed by atoms with Gasteiger partial charge >= 0.3 is 12.1 Å². The molecule has 1 aromatic rings. The smallest absolute Gasteiger partial charge is 0.408 e. The van der Waals surface area contributed by atoms with Crippen molar-refractivity contribution in [2.75, 3.05) is 7.11 Å². The van der Waals surface area contributed by atoms with Gasteiger partial charge in [0.2, 0.25) is 0 Å². The Balaban J connectivity index is 1.93. The zero-order chi connectivity index (χ0) is 17.4. The molecule has 2 atom stereocenters. The lowest BCUT2D eigenvalue weighted by Gasteiger charge is -2.33. The summed E-state index contributed by atoms with van der Waals surface area (Å²) in [6.07, 6.45) is 3.84. The van der Waals surface area contributed by atoms with E-state index < -0.39 is 24.2 Å². The minimum absolute atomic E-state index is 0.0973. The zero-order valence-corrected chi connectivity index (χ0v) is 13.9. The summed E-state index contributed by atoms with van der Waals surface area (Å²) in [5.41, 5.74) is 0.843. The lowest BCUT2D eigenvalue weighted by atomic mass is 9.82. The van der Waals surface area contributed by atoms with Gasteiger partial charge < -0.3 is 19.9 Å². The molecule has 1 aliphatic rings. The van der Waals surface area contributed by atoms with E-state index >= 15 is 0 Å². The lowest BCUT2D eigenvalue weighted by Crippen LogP contribution is -2.52. The number of methoxy groups -OCH3 is 1. The van der Waals surface area contributed by atoms with Crippen LogP contribution in [0.25, 0.3) is 0 Å². The van der Waals surface area contributed by atoms with Crippen molar-refractivity contribution in [2.24, 2.45) is 5.92 Å². The SMILES string of the molecule is COC(C1CCCCC1)C(NC(=O)OCc1ccccc1)C(=O)O. The number of carbonyl (C=O) groups excluding carboxylic acids is 1. The first-order chi connectivity index (χ1) is 11.6. The van der Waals surface area contributed by atoms with Gasteiger partial charge in [0.05, 0.1) is 6.10 Å². The van der Waals surface area contributed by atoms with Crippen LogP contribution in [-0.4, -0.2) is 36.4 Å². The molecule has 0 radical (unpaired) electrons. The third-order valence-electron chi connectivity index (χ3n) is 4.47. The maximum absolute atomic E-state index is 12.0. The molecule has 0 bridgehead atoms. The average molecular weight is 335 g/mol. The number of hydrogen-bond donors (Lipinski definition) is 2. The van der Waals surface area contributed by atoms with E-state index in [9.17, 15) is 14.7 Å². The first-order valence-electron chi connectivity index (χ1n) is 8.34. The van der Waals surface area contributed by atoms with E-state index in [0.717, 1.165) is 37.7 Å². The molecule has 1 aliphatic carbocycles. The van der Waals surface area contributed by atoms with Crippen LogP contribution in [-0.2, 0) is 20.9 Å². The molecule has 0 aliphatic heterocycles. The van der Waals surface area contributed by atoms with Crippen molar-refractivity contribution in [1.29, 1.82) is 0 Å². The summed E-state index contributed by atoms with van der Waals surface area (Å²) >= 11 is 0. The van der Waals surface area contributed by atoms with Crippen molar-refractivity contribution in [1.82, 2.24) is 5.32 Å². The number of nitrogens with one attached hydrogen (secondary N) is 1. The molecule has 6 nitrogen and oxygen atoms in total. The summed E-state index contributed by atoms with van der Waals surface area (Å²) < 4.78 is 10.5. The molecule has 132 valence electrons. The van der Waals surface area contributed by atoms with Crippen molar-refractivity contribution < 1.29 is 24.2 Å². The van der Waals surface area contributed by atoms with Crippen LogP contribution in [0.4, 0.5) is 4.79 Å². The van der Waals surface area contributed by atoms with E-state index in [4.69, 9.17) is 9.47 Å². The predicted octanol–water partition coefficient (Wildman–Crippen LogP) is 2.96. The Morgan fingerprint density at radius 2 is 1.88 bits per heavy atom. The van der Waals surface area contributed by atoms with Gasteiger partial charge in [0, 0.05) is 7.11 Å². The molecule has 24 heavy (non-hydrogen) atoms. The molecule has 0 aromatic heterocycles. The number of carboxylic acid groups (broad SMARTS) is 1. The molecule has 1 fully saturated rings. The Morgan fingerprint density at radius 3 is 2.46 bits per heavy atom. The van der Waals surface area contributed by atoms with Gasteiger partial charge in [-0.25, -0.2) is 9.59 Å². The maximum Gasteiger partial charge on any atom is 0.408 e. The maximum atomic E-state index is 12.0. The van der Waals surface area contributed by atoms with Crippen LogP contribution in [0.2, 0.25) is 0 Å². The average Bonchev–Trinajstić information content (AvgIpc) is 2.61. The van der Waals surface area contributed by atoms with Gasteiger partial charge in [-0.2, -0.15) is 0 Å². The highest BCUT2D eigenvalue weighted by molar-refractivity contribution is 5.80. The van der Waals surface area contributed by atoms with Crippen molar-refractivity contribution >= 4 is 12.1 Å². The highest BCUT2D eigenvalue weighted by Crippen LogP contribution is 2.29. The van der Waals surface area contributed by atoms with Crippen LogP contribution in [0, 0.1) is 5.92 Å². The summed E-state index contributed by atoms with van der Waals surface area (Å²) in [6, 6.07) is 8.13. The molecule has 1 amide bonds. The van der Waals surface area contributed by atoms with E-state index in [1.54, 1.807) is 0 Å². The van der Waals surface area contributed by atoms with Crippen molar-refractivity contribution in [3.63, 3.8) is 0 Å². The summed E-state index contributed by atoms with van der Waals surface area (Å²) in [5, 5.41) is 11.9. The molecular weight excluding hydrogens is 310 g/mol. The van der Waals surface area contributed by atoms with Crippen molar-refractivity contribution in [3.8, 4) is 0 Å². The molecule has 1 aromatic carbocycles. The molecule has 1 saturated carbocycles. The van der Waals surface area contributed by atoms with Crippen LogP contribution >= 0.6 is 0 Å². The molecule has 2 rings (SSSR count). The number of ether oxygens (including phenoxy) is 2. The summed E-state index contributed by atoms with van der Waals surface area (Å²) in [7, 11) is 1.49. The topological polar surface area (TPSA) is 84.9 Å². The van der Waals surface area contributed by atoms with E-state index in [1.807, 2.05) is 30.3 Å². The normalized spacial score (nSPS) is 17.7. The minimum Gasteiger partial charge on any atom is -0.480 e. The number of aliphatic carboxylic acids is 1. The van der Waals surface area contributed by atoms with E-state index in [0.29, 0.717) is 0 Å². The van der Waals surface area contributed by atoms with Crippen LogP contribution in [0.1, 0.15) is 37.7 Å². The number of benzene rings is 1. The number of alkyl carbamates (subject to hydrolysis) is 1. The fourth-order valence-corrected chi connectivity index (χ4v) is 3.24. The monoisotopic (exact) mass is 335 g/mol. The number of hydrogen-bond acceptors (Lipinski definition) is 4. The Hall–Kier alpha value is -2.08. The van der Waals surface area contributed by atoms with Crippen LogP contribution in [0.5, 0.6) is 0 Å². The van der Waals surface area contributed by atoms with Gasteiger partial charge in [0.15, 0.2) is 6.04 Å². The Labute approximate surface area is 142 Å². The summed E-state index contributed by atoms with van der Waals surface area (Å²) in [6.45, 7) is 0.0973. The lowest BCUT2D eigenvalue weighted by molar-refractivity contribution is -0.144. The highest BCUT2D eigenvalue weighted by atomic mass is 16.5. The Morgan fingerprint density at radius 1 is 1.21 bits per heavy atom. The van der Waals surface area contributed by atoms with Crippen LogP contribution in [0.15, 0.2) is 30.3 Å². The fraction of sp³-hybridized carbons (Fsp3) is 0.556. The Bertz CT molecular complexity index is 527.